The number of nitrogens with one attached hydrogen (secondary N) is 1. The number of benzene rings is 1. The molecular formula is C14H18F3NOS. The predicted molar refractivity (Wildman–Crippen MR) is 73.9 cm³/mol. The Kier molecular flexibility index (Phi) is 4.86. The van der Waals surface area contributed by atoms with Crippen molar-refractivity contribution in [1.29, 1.82) is 0 Å². The number of hydrogen-bond donors (Lipinski definition) is 1. The average Bonchev–Trinajstić information content (AvgIpc) is 2.40. The molecule has 6 heteroatoms. The fourth-order valence-corrected chi connectivity index (χ4v) is 3.67. The molecule has 112 valence electrons. The second-order valence-electron chi connectivity index (χ2n) is 5.13. The molecule has 0 spiro atoms. The molecular weight excluding hydrogens is 287 g/mol. The van der Waals surface area contributed by atoms with Gasteiger partial charge in [0.2, 0.25) is 0 Å². The maximum atomic E-state index is 12.5. The normalized spacial score (nSPS) is 25.4. The van der Waals surface area contributed by atoms with Crippen molar-refractivity contribution in [2.75, 3.05) is 11.5 Å². The van der Waals surface area contributed by atoms with Gasteiger partial charge in [-0.05, 0) is 37.5 Å². The first-order valence-corrected chi connectivity index (χ1v) is 8.13. The van der Waals surface area contributed by atoms with Crippen LogP contribution in [0.1, 0.15) is 36.9 Å². The van der Waals surface area contributed by atoms with Crippen LogP contribution in [0.2, 0.25) is 0 Å². The molecule has 1 unspecified atom stereocenters. The molecule has 1 aliphatic rings. The van der Waals surface area contributed by atoms with Gasteiger partial charge in [0.1, 0.15) is 0 Å². The first kappa shape index (κ1) is 15.5. The first-order chi connectivity index (χ1) is 9.36. The molecule has 1 fully saturated rings. The van der Waals surface area contributed by atoms with E-state index in [0.29, 0.717) is 17.5 Å². The number of hydrogen-bond acceptors (Lipinski definition) is 2. The fourth-order valence-electron chi connectivity index (χ4n) is 2.37. The van der Waals surface area contributed by atoms with Crippen LogP contribution in [0, 0.1) is 0 Å². The van der Waals surface area contributed by atoms with Crippen molar-refractivity contribution >= 4 is 10.8 Å². The zero-order valence-electron chi connectivity index (χ0n) is 11.2. The Hall–Kier alpha value is -0.880. The van der Waals surface area contributed by atoms with E-state index < -0.39 is 22.5 Å². The van der Waals surface area contributed by atoms with Crippen LogP contribution < -0.4 is 5.32 Å². The topological polar surface area (TPSA) is 29.1 Å². The summed E-state index contributed by atoms with van der Waals surface area (Å²) in [6.45, 7) is 1.94. The minimum atomic E-state index is -4.29. The molecule has 1 aromatic rings. The highest BCUT2D eigenvalue weighted by Crippen LogP contribution is 2.30. The van der Waals surface area contributed by atoms with E-state index in [-0.39, 0.29) is 6.04 Å². The minimum absolute atomic E-state index is 0.00572. The van der Waals surface area contributed by atoms with E-state index in [2.05, 4.69) is 5.32 Å². The van der Waals surface area contributed by atoms with E-state index in [1.165, 1.54) is 12.1 Å². The Bertz CT molecular complexity index is 462. The smallest absolute Gasteiger partial charge is 0.307 e. The summed E-state index contributed by atoms with van der Waals surface area (Å²) in [5, 5.41) is 3.40. The maximum absolute atomic E-state index is 12.5. The third kappa shape index (κ3) is 4.06. The summed E-state index contributed by atoms with van der Waals surface area (Å²) in [4.78, 5) is 0. The molecule has 0 amide bonds. The molecule has 1 aromatic carbocycles. The molecule has 1 heterocycles. The lowest BCUT2D eigenvalue weighted by Gasteiger charge is -2.26. The molecule has 0 aliphatic carbocycles. The van der Waals surface area contributed by atoms with Crippen LogP contribution in [0.3, 0.4) is 0 Å². The molecule has 0 aromatic heterocycles. The zero-order valence-corrected chi connectivity index (χ0v) is 12.1. The van der Waals surface area contributed by atoms with Gasteiger partial charge in [0.25, 0.3) is 0 Å². The lowest BCUT2D eigenvalue weighted by molar-refractivity contribution is -0.137. The Balaban J connectivity index is 1.95. The molecule has 1 saturated heterocycles. The molecule has 0 saturated carbocycles. The summed E-state index contributed by atoms with van der Waals surface area (Å²) in [5.41, 5.74) is 0.214. The highest BCUT2D eigenvalue weighted by atomic mass is 32.2. The van der Waals surface area contributed by atoms with E-state index in [9.17, 15) is 17.4 Å². The van der Waals surface area contributed by atoms with Crippen molar-refractivity contribution < 1.29 is 17.4 Å². The lowest BCUT2D eigenvalue weighted by Crippen LogP contribution is -2.37. The fraction of sp³-hybridized carbons (Fsp3) is 0.571. The second-order valence-corrected chi connectivity index (χ2v) is 6.83. The third-order valence-corrected chi connectivity index (χ3v) is 4.99. The van der Waals surface area contributed by atoms with Gasteiger partial charge in [0, 0.05) is 34.4 Å². The molecule has 0 radical (unpaired) electrons. The monoisotopic (exact) mass is 305 g/mol. The van der Waals surface area contributed by atoms with Crippen LogP contribution in [-0.2, 0) is 17.0 Å². The summed E-state index contributed by atoms with van der Waals surface area (Å²) in [7, 11) is -0.698. The van der Waals surface area contributed by atoms with E-state index >= 15 is 0 Å². The summed E-state index contributed by atoms with van der Waals surface area (Å²) in [6, 6.07) is 5.55. The molecule has 2 nitrogen and oxygen atoms in total. The van der Waals surface area contributed by atoms with Crippen molar-refractivity contribution in [2.45, 2.75) is 38.0 Å². The van der Waals surface area contributed by atoms with Gasteiger partial charge in [-0.1, -0.05) is 12.1 Å². The van der Waals surface area contributed by atoms with Crippen LogP contribution in [0.5, 0.6) is 0 Å². The van der Waals surface area contributed by atoms with Gasteiger partial charge < -0.3 is 5.32 Å². The van der Waals surface area contributed by atoms with Gasteiger partial charge in [0.15, 0.2) is 0 Å². The Morgan fingerprint density at radius 3 is 2.25 bits per heavy atom. The highest BCUT2D eigenvalue weighted by Gasteiger charge is 2.30. The van der Waals surface area contributed by atoms with E-state index in [4.69, 9.17) is 0 Å². The zero-order chi connectivity index (χ0) is 14.8. The quantitative estimate of drug-likeness (QED) is 0.928. The van der Waals surface area contributed by atoms with Gasteiger partial charge in [-0.15, -0.1) is 0 Å². The van der Waals surface area contributed by atoms with Crippen molar-refractivity contribution in [1.82, 2.24) is 5.32 Å². The molecule has 1 aliphatic heterocycles. The first-order valence-electron chi connectivity index (χ1n) is 6.64. The lowest BCUT2D eigenvalue weighted by atomic mass is 10.0. The molecule has 1 N–H and O–H groups in total. The van der Waals surface area contributed by atoms with Crippen LogP contribution in [0.4, 0.5) is 13.2 Å². The number of halogens is 3. The number of alkyl halides is 3. The van der Waals surface area contributed by atoms with E-state index in [1.807, 2.05) is 6.92 Å². The average molecular weight is 305 g/mol. The van der Waals surface area contributed by atoms with Crippen LogP contribution in [-0.4, -0.2) is 21.8 Å². The van der Waals surface area contributed by atoms with Crippen molar-refractivity contribution in [3.63, 3.8) is 0 Å². The van der Waals surface area contributed by atoms with Gasteiger partial charge in [0.05, 0.1) is 5.56 Å². The SMILES string of the molecule is CC(NC1CCS(=O)CC1)c1ccc(C(F)(F)F)cc1. The van der Waals surface area contributed by atoms with Gasteiger partial charge in [-0.3, -0.25) is 4.21 Å². The number of rotatable bonds is 3. The summed E-state index contributed by atoms with van der Waals surface area (Å²) >= 11 is 0. The minimum Gasteiger partial charge on any atom is -0.307 e. The van der Waals surface area contributed by atoms with Crippen molar-refractivity contribution in [3.8, 4) is 0 Å². The molecule has 2 rings (SSSR count). The Labute approximate surface area is 119 Å². The molecule has 0 bridgehead atoms. The summed E-state index contributed by atoms with van der Waals surface area (Å²) < 4.78 is 48.7. The standard InChI is InChI=1S/C14H18F3NOS/c1-10(18-13-6-8-20(19)9-7-13)11-2-4-12(5-3-11)14(15,16)17/h2-5,10,13,18H,6-9H2,1H3. The largest absolute Gasteiger partial charge is 0.416 e. The maximum Gasteiger partial charge on any atom is 0.416 e. The highest BCUT2D eigenvalue weighted by molar-refractivity contribution is 7.85. The van der Waals surface area contributed by atoms with Gasteiger partial charge >= 0.3 is 6.18 Å². The Morgan fingerprint density at radius 2 is 1.75 bits per heavy atom. The van der Waals surface area contributed by atoms with E-state index in [1.54, 1.807) is 0 Å². The van der Waals surface area contributed by atoms with Gasteiger partial charge in [-0.2, -0.15) is 13.2 Å². The predicted octanol–water partition coefficient (Wildman–Crippen LogP) is 3.27. The van der Waals surface area contributed by atoms with E-state index in [0.717, 1.165) is 30.5 Å². The van der Waals surface area contributed by atoms with Crippen molar-refractivity contribution in [2.24, 2.45) is 0 Å². The van der Waals surface area contributed by atoms with Crippen LogP contribution in [0.15, 0.2) is 24.3 Å². The Morgan fingerprint density at radius 1 is 1.20 bits per heavy atom. The molecule has 20 heavy (non-hydrogen) atoms. The third-order valence-electron chi connectivity index (χ3n) is 3.61. The molecule has 1 atom stereocenters. The summed E-state index contributed by atoms with van der Waals surface area (Å²) in [6.07, 6.45) is -2.57. The van der Waals surface area contributed by atoms with Crippen LogP contribution >= 0.6 is 0 Å². The van der Waals surface area contributed by atoms with Crippen LogP contribution in [0.25, 0.3) is 0 Å². The van der Waals surface area contributed by atoms with Crippen molar-refractivity contribution in [3.05, 3.63) is 35.4 Å². The summed E-state index contributed by atoms with van der Waals surface area (Å²) in [5.74, 6) is 1.41. The second kappa shape index (κ2) is 6.26. The van der Waals surface area contributed by atoms with Gasteiger partial charge in [-0.25, -0.2) is 0 Å².